The first kappa shape index (κ1) is 22.8. The summed E-state index contributed by atoms with van der Waals surface area (Å²) in [4.78, 5) is 20.0. The number of amides is 1. The van der Waals surface area contributed by atoms with E-state index in [-0.39, 0.29) is 11.9 Å². The summed E-state index contributed by atoms with van der Waals surface area (Å²) < 4.78 is 5.65. The lowest BCUT2D eigenvalue weighted by Crippen LogP contribution is -2.41. The fourth-order valence-electron chi connectivity index (χ4n) is 5.52. The molecule has 0 radical (unpaired) electrons. The van der Waals surface area contributed by atoms with E-state index in [0.717, 1.165) is 43.9 Å². The van der Waals surface area contributed by atoms with E-state index in [1.54, 1.807) is 7.11 Å². The van der Waals surface area contributed by atoms with Gasteiger partial charge in [0.05, 0.1) is 18.8 Å². The molecule has 1 aliphatic heterocycles. The highest BCUT2D eigenvalue weighted by Crippen LogP contribution is 2.33. The summed E-state index contributed by atoms with van der Waals surface area (Å²) in [6.45, 7) is 5.04. The number of hydrogen-bond donors (Lipinski definition) is 1. The fourth-order valence-corrected chi connectivity index (χ4v) is 5.52. The molecule has 2 heterocycles. The first-order valence-electron chi connectivity index (χ1n) is 12.2. The summed E-state index contributed by atoms with van der Waals surface area (Å²) in [5.74, 6) is 2.17. The molecule has 0 spiro atoms. The number of hydrogen-bond acceptors (Lipinski definition) is 4. The van der Waals surface area contributed by atoms with Crippen molar-refractivity contribution >= 4 is 5.91 Å². The topological polar surface area (TPSA) is 54.5 Å². The minimum absolute atomic E-state index is 0.000703. The first-order valence-corrected chi connectivity index (χ1v) is 12.2. The Bertz CT molecular complexity index is 872. The molecular weight excluding hydrogens is 398 g/mol. The maximum absolute atomic E-state index is 12.9. The lowest BCUT2D eigenvalue weighted by atomic mass is 9.86. The van der Waals surface area contributed by atoms with Gasteiger partial charge in [0.1, 0.15) is 5.75 Å². The molecule has 5 heteroatoms. The molecule has 1 atom stereocenters. The van der Waals surface area contributed by atoms with Crippen molar-refractivity contribution in [2.75, 3.05) is 20.2 Å². The second-order valence-corrected chi connectivity index (χ2v) is 9.54. The molecule has 2 fully saturated rings. The molecule has 172 valence electrons. The monoisotopic (exact) mass is 435 g/mol. The predicted octanol–water partition coefficient (Wildman–Crippen LogP) is 5.05. The van der Waals surface area contributed by atoms with Gasteiger partial charge >= 0.3 is 0 Å². The number of aryl methyl sites for hydroxylation is 1. The third-order valence-electron chi connectivity index (χ3n) is 7.27. The van der Waals surface area contributed by atoms with Crippen molar-refractivity contribution in [2.45, 2.75) is 64.5 Å². The van der Waals surface area contributed by atoms with Crippen molar-refractivity contribution in [3.63, 3.8) is 0 Å². The van der Waals surface area contributed by atoms with Crippen molar-refractivity contribution in [3.05, 3.63) is 59.4 Å². The van der Waals surface area contributed by atoms with Gasteiger partial charge in [0.25, 0.3) is 0 Å². The van der Waals surface area contributed by atoms with Crippen LogP contribution in [0.1, 0.15) is 67.8 Å². The van der Waals surface area contributed by atoms with Gasteiger partial charge in [0.2, 0.25) is 5.91 Å². The number of rotatable bonds is 8. The van der Waals surface area contributed by atoms with Gasteiger partial charge in [0.15, 0.2) is 0 Å². The Morgan fingerprint density at radius 2 is 1.91 bits per heavy atom. The highest BCUT2D eigenvalue weighted by atomic mass is 16.5. The first-order chi connectivity index (χ1) is 15.6. The Hall–Kier alpha value is -2.40. The molecule has 1 aliphatic carbocycles. The lowest BCUT2D eigenvalue weighted by Gasteiger charge is -2.36. The van der Waals surface area contributed by atoms with Crippen molar-refractivity contribution < 1.29 is 9.53 Å². The number of carbonyl (C=O) groups excluding carboxylic acids is 1. The second-order valence-electron chi connectivity index (χ2n) is 9.54. The van der Waals surface area contributed by atoms with Crippen LogP contribution >= 0.6 is 0 Å². The van der Waals surface area contributed by atoms with E-state index in [1.165, 1.54) is 36.8 Å². The maximum atomic E-state index is 12.9. The van der Waals surface area contributed by atoms with Crippen molar-refractivity contribution in [3.8, 4) is 5.75 Å². The zero-order valence-corrected chi connectivity index (χ0v) is 19.6. The molecule has 1 aromatic carbocycles. The number of methoxy groups -OCH3 is 1. The number of para-hydroxylation sites is 1. The number of nitrogens with zero attached hydrogens (tertiary/aromatic N) is 2. The van der Waals surface area contributed by atoms with E-state index in [4.69, 9.17) is 4.74 Å². The van der Waals surface area contributed by atoms with Crippen LogP contribution in [0.3, 0.4) is 0 Å². The third-order valence-corrected chi connectivity index (χ3v) is 7.27. The Morgan fingerprint density at radius 3 is 2.59 bits per heavy atom. The number of carbonyl (C=O) groups is 1. The third kappa shape index (κ3) is 5.69. The minimum Gasteiger partial charge on any atom is -0.496 e. The molecule has 1 amide bonds. The van der Waals surface area contributed by atoms with E-state index < -0.39 is 0 Å². The molecule has 2 aromatic rings. The molecule has 2 aliphatic rings. The molecule has 1 aromatic heterocycles. The van der Waals surface area contributed by atoms with Gasteiger partial charge in [-0.2, -0.15) is 0 Å². The summed E-state index contributed by atoms with van der Waals surface area (Å²) in [6.07, 6.45) is 9.54. The predicted molar refractivity (Wildman–Crippen MR) is 127 cm³/mol. The summed E-state index contributed by atoms with van der Waals surface area (Å²) >= 11 is 0. The zero-order chi connectivity index (χ0) is 22.3. The summed E-state index contributed by atoms with van der Waals surface area (Å²) in [6, 6.07) is 12.4. The van der Waals surface area contributed by atoms with Gasteiger partial charge in [-0.25, -0.2) is 0 Å². The van der Waals surface area contributed by atoms with Gasteiger partial charge in [-0.1, -0.05) is 37.1 Å². The molecule has 0 bridgehead atoms. The van der Waals surface area contributed by atoms with Crippen LogP contribution in [0, 0.1) is 18.8 Å². The van der Waals surface area contributed by atoms with E-state index in [9.17, 15) is 4.79 Å². The van der Waals surface area contributed by atoms with Gasteiger partial charge in [-0.3, -0.25) is 14.7 Å². The van der Waals surface area contributed by atoms with E-state index in [2.05, 4.69) is 46.4 Å². The number of nitrogens with one attached hydrogen (secondary N) is 1. The van der Waals surface area contributed by atoms with Crippen molar-refractivity contribution in [1.29, 1.82) is 0 Å². The quantitative estimate of drug-likeness (QED) is 0.631. The average Bonchev–Trinajstić information content (AvgIpc) is 3.32. The molecule has 32 heavy (non-hydrogen) atoms. The summed E-state index contributed by atoms with van der Waals surface area (Å²) in [5.41, 5.74) is 3.42. The Labute approximate surface area is 192 Å². The number of likely N-dealkylation sites (tertiary alicyclic amines) is 1. The van der Waals surface area contributed by atoms with Crippen LogP contribution in [-0.4, -0.2) is 36.0 Å². The molecule has 0 unspecified atom stereocenters. The van der Waals surface area contributed by atoms with Gasteiger partial charge in [-0.05, 0) is 75.2 Å². The Morgan fingerprint density at radius 1 is 1.12 bits per heavy atom. The smallest absolute Gasteiger partial charge is 0.220 e. The largest absolute Gasteiger partial charge is 0.496 e. The number of piperidine rings is 1. The van der Waals surface area contributed by atoms with E-state index in [0.29, 0.717) is 18.3 Å². The number of benzene rings is 1. The van der Waals surface area contributed by atoms with Crippen LogP contribution in [0.4, 0.5) is 0 Å². The van der Waals surface area contributed by atoms with Gasteiger partial charge in [-0.15, -0.1) is 0 Å². The highest BCUT2D eigenvalue weighted by molar-refractivity contribution is 5.76. The van der Waals surface area contributed by atoms with Crippen LogP contribution < -0.4 is 10.1 Å². The zero-order valence-electron chi connectivity index (χ0n) is 19.6. The van der Waals surface area contributed by atoms with E-state index >= 15 is 0 Å². The van der Waals surface area contributed by atoms with Crippen LogP contribution in [0.2, 0.25) is 0 Å². The fraction of sp³-hybridized carbons (Fsp3) is 0.556. The minimum atomic E-state index is 0.000703. The summed E-state index contributed by atoms with van der Waals surface area (Å²) in [5, 5.41) is 3.38. The normalized spacial score (nSPS) is 19.1. The number of ether oxygens (including phenoxy) is 1. The van der Waals surface area contributed by atoms with Crippen molar-refractivity contribution in [1.82, 2.24) is 15.2 Å². The van der Waals surface area contributed by atoms with Crippen LogP contribution in [0.5, 0.6) is 5.75 Å². The van der Waals surface area contributed by atoms with Gasteiger partial charge < -0.3 is 10.1 Å². The Balaban J connectivity index is 1.39. The Kier molecular flexibility index (Phi) is 7.80. The molecule has 5 nitrogen and oxygen atoms in total. The molecule has 1 saturated heterocycles. The summed E-state index contributed by atoms with van der Waals surface area (Å²) in [7, 11) is 1.75. The molecule has 1 saturated carbocycles. The standard InChI is InChI=1S/C27H37N3O2/c1-20-8-7-11-23(27(20)32-2)19-30-16-13-22(14-17-30)26(24-12-5-6-15-28-24)29-25(31)18-21-9-3-4-10-21/h5-8,11-12,15,21-22,26H,3-4,9-10,13-14,16-19H2,1-2H3,(H,29,31)/t26-/m0/s1. The molecule has 1 N–H and O–H groups in total. The van der Waals surface area contributed by atoms with Crippen molar-refractivity contribution in [2.24, 2.45) is 11.8 Å². The highest BCUT2D eigenvalue weighted by Gasteiger charge is 2.31. The van der Waals surface area contributed by atoms with E-state index in [1.807, 2.05) is 18.3 Å². The van der Waals surface area contributed by atoms with Crippen LogP contribution in [-0.2, 0) is 11.3 Å². The van der Waals surface area contributed by atoms with Gasteiger partial charge in [0, 0.05) is 24.7 Å². The average molecular weight is 436 g/mol. The van der Waals surface area contributed by atoms with Crippen LogP contribution in [0.15, 0.2) is 42.6 Å². The lowest BCUT2D eigenvalue weighted by molar-refractivity contribution is -0.123. The molecule has 4 rings (SSSR count). The second kappa shape index (κ2) is 11.0. The SMILES string of the molecule is COc1c(C)cccc1CN1CCC([C@H](NC(=O)CC2CCCC2)c2ccccn2)CC1. The molecular formula is C27H37N3O2. The number of aromatic nitrogens is 1. The maximum Gasteiger partial charge on any atom is 0.220 e. The van der Waals surface area contributed by atoms with Crippen LogP contribution in [0.25, 0.3) is 0 Å². The number of pyridine rings is 1.